The van der Waals surface area contributed by atoms with Gasteiger partial charge >= 0.3 is 0 Å². The second kappa shape index (κ2) is 4.22. The maximum Gasteiger partial charge on any atom is 0.276 e. The average Bonchev–Trinajstić information content (AvgIpc) is 2.88. The zero-order valence-corrected chi connectivity index (χ0v) is 9.14. The first-order chi connectivity index (χ1) is 7.66. The van der Waals surface area contributed by atoms with Crippen molar-refractivity contribution in [3.05, 3.63) is 41.7 Å². The fourth-order valence-corrected chi connectivity index (χ4v) is 1.37. The number of hydrogen-bond acceptors (Lipinski definition) is 4. The van der Waals surface area contributed by atoms with E-state index in [1.807, 2.05) is 6.07 Å². The molecule has 0 radical (unpaired) electrons. The molecule has 0 atom stereocenters. The molecule has 0 fully saturated rings. The first-order valence-electron chi connectivity index (χ1n) is 4.88. The number of aryl methyl sites for hydroxylation is 1. The SMILES string of the molecule is Cc1cc(C(=O)N(C)Cc2ccco2)no1. The Labute approximate surface area is 92.6 Å². The summed E-state index contributed by atoms with van der Waals surface area (Å²) in [7, 11) is 1.69. The number of aromatic nitrogens is 1. The van der Waals surface area contributed by atoms with Crippen LogP contribution in [-0.2, 0) is 6.54 Å². The summed E-state index contributed by atoms with van der Waals surface area (Å²) in [5.41, 5.74) is 0.312. The molecule has 0 bridgehead atoms. The third-order valence-electron chi connectivity index (χ3n) is 2.17. The second-order valence-electron chi connectivity index (χ2n) is 3.56. The molecule has 0 aromatic carbocycles. The van der Waals surface area contributed by atoms with Crippen LogP contribution in [0.1, 0.15) is 22.0 Å². The lowest BCUT2D eigenvalue weighted by Crippen LogP contribution is -2.26. The summed E-state index contributed by atoms with van der Waals surface area (Å²) in [4.78, 5) is 13.4. The molecule has 0 N–H and O–H groups in total. The number of amides is 1. The van der Waals surface area contributed by atoms with Crippen molar-refractivity contribution < 1.29 is 13.7 Å². The van der Waals surface area contributed by atoms with Crippen molar-refractivity contribution in [2.75, 3.05) is 7.05 Å². The van der Waals surface area contributed by atoms with Crippen molar-refractivity contribution >= 4 is 5.91 Å². The van der Waals surface area contributed by atoms with Gasteiger partial charge in [-0.15, -0.1) is 0 Å². The van der Waals surface area contributed by atoms with Crippen LogP contribution >= 0.6 is 0 Å². The van der Waals surface area contributed by atoms with Crippen LogP contribution < -0.4 is 0 Å². The van der Waals surface area contributed by atoms with Gasteiger partial charge < -0.3 is 13.8 Å². The predicted octanol–water partition coefficient (Wildman–Crippen LogP) is 1.85. The van der Waals surface area contributed by atoms with Crippen LogP contribution in [0.4, 0.5) is 0 Å². The van der Waals surface area contributed by atoms with Crippen LogP contribution in [0.15, 0.2) is 33.4 Å². The van der Waals surface area contributed by atoms with E-state index in [0.29, 0.717) is 18.0 Å². The van der Waals surface area contributed by atoms with Crippen LogP contribution in [-0.4, -0.2) is 23.0 Å². The molecule has 0 spiro atoms. The molecule has 0 saturated heterocycles. The Bertz CT molecular complexity index is 473. The van der Waals surface area contributed by atoms with Crippen LogP contribution in [0.5, 0.6) is 0 Å². The summed E-state index contributed by atoms with van der Waals surface area (Å²) in [6.45, 7) is 2.16. The van der Waals surface area contributed by atoms with E-state index in [9.17, 15) is 4.79 Å². The lowest BCUT2D eigenvalue weighted by atomic mass is 10.3. The number of carbonyl (C=O) groups excluding carboxylic acids is 1. The fourth-order valence-electron chi connectivity index (χ4n) is 1.37. The normalized spacial score (nSPS) is 10.4. The van der Waals surface area contributed by atoms with Gasteiger partial charge in [0, 0.05) is 13.1 Å². The third kappa shape index (κ3) is 2.13. The molecule has 0 saturated carbocycles. The first-order valence-corrected chi connectivity index (χ1v) is 4.88. The minimum absolute atomic E-state index is 0.187. The highest BCUT2D eigenvalue weighted by molar-refractivity contribution is 5.91. The Morgan fingerprint density at radius 3 is 2.94 bits per heavy atom. The monoisotopic (exact) mass is 220 g/mol. The van der Waals surface area contributed by atoms with Gasteiger partial charge in [0.2, 0.25) is 0 Å². The molecular formula is C11H12N2O3. The highest BCUT2D eigenvalue weighted by Crippen LogP contribution is 2.09. The van der Waals surface area contributed by atoms with Crippen molar-refractivity contribution in [1.29, 1.82) is 0 Å². The number of nitrogens with zero attached hydrogens (tertiary/aromatic N) is 2. The minimum Gasteiger partial charge on any atom is -0.467 e. The third-order valence-corrected chi connectivity index (χ3v) is 2.17. The molecule has 5 heteroatoms. The van der Waals surface area contributed by atoms with Gasteiger partial charge in [-0.25, -0.2) is 0 Å². The molecule has 0 aliphatic carbocycles. The quantitative estimate of drug-likeness (QED) is 0.792. The molecule has 0 aliphatic heterocycles. The summed E-state index contributed by atoms with van der Waals surface area (Å²) in [5.74, 6) is 1.17. The van der Waals surface area contributed by atoms with Gasteiger partial charge in [0.15, 0.2) is 5.69 Å². The summed E-state index contributed by atoms with van der Waals surface area (Å²) >= 11 is 0. The van der Waals surface area contributed by atoms with Crippen molar-refractivity contribution in [3.8, 4) is 0 Å². The van der Waals surface area contributed by atoms with Gasteiger partial charge in [-0.1, -0.05) is 5.16 Å². The van der Waals surface area contributed by atoms with Crippen LogP contribution in [0.2, 0.25) is 0 Å². The smallest absolute Gasteiger partial charge is 0.276 e. The molecule has 2 heterocycles. The number of hydrogen-bond donors (Lipinski definition) is 0. The van der Waals surface area contributed by atoms with Gasteiger partial charge in [-0.3, -0.25) is 4.79 Å². The zero-order valence-electron chi connectivity index (χ0n) is 9.14. The van der Waals surface area contributed by atoms with Crippen molar-refractivity contribution in [2.45, 2.75) is 13.5 Å². The van der Waals surface area contributed by atoms with E-state index in [1.165, 1.54) is 4.90 Å². The molecule has 84 valence electrons. The maximum absolute atomic E-state index is 11.8. The van der Waals surface area contributed by atoms with Crippen LogP contribution in [0.25, 0.3) is 0 Å². The number of carbonyl (C=O) groups is 1. The van der Waals surface area contributed by atoms with E-state index in [1.54, 1.807) is 32.4 Å². The zero-order chi connectivity index (χ0) is 11.5. The van der Waals surface area contributed by atoms with E-state index in [2.05, 4.69) is 5.16 Å². The van der Waals surface area contributed by atoms with Crippen molar-refractivity contribution in [2.24, 2.45) is 0 Å². The topological polar surface area (TPSA) is 59.5 Å². The standard InChI is InChI=1S/C11H12N2O3/c1-8-6-10(12-16-8)11(14)13(2)7-9-4-3-5-15-9/h3-6H,7H2,1-2H3. The van der Waals surface area contributed by atoms with E-state index in [0.717, 1.165) is 5.76 Å². The Balaban J connectivity index is 2.05. The van der Waals surface area contributed by atoms with E-state index >= 15 is 0 Å². The molecule has 2 aromatic rings. The Morgan fingerprint density at radius 1 is 1.56 bits per heavy atom. The van der Waals surface area contributed by atoms with Gasteiger partial charge in [-0.2, -0.15) is 0 Å². The first kappa shape index (κ1) is 10.5. The number of furan rings is 1. The Kier molecular flexibility index (Phi) is 2.76. The maximum atomic E-state index is 11.8. The molecule has 5 nitrogen and oxygen atoms in total. The highest BCUT2D eigenvalue weighted by Gasteiger charge is 2.16. The van der Waals surface area contributed by atoms with Crippen LogP contribution in [0, 0.1) is 6.92 Å². The second-order valence-corrected chi connectivity index (χ2v) is 3.56. The molecule has 16 heavy (non-hydrogen) atoms. The summed E-state index contributed by atoms with van der Waals surface area (Å²) in [6, 6.07) is 5.21. The van der Waals surface area contributed by atoms with Crippen molar-refractivity contribution in [3.63, 3.8) is 0 Å². The molecule has 2 rings (SSSR count). The highest BCUT2D eigenvalue weighted by atomic mass is 16.5. The van der Waals surface area contributed by atoms with E-state index in [-0.39, 0.29) is 5.91 Å². The molecule has 0 unspecified atom stereocenters. The van der Waals surface area contributed by atoms with Crippen molar-refractivity contribution in [1.82, 2.24) is 10.1 Å². The summed E-state index contributed by atoms with van der Waals surface area (Å²) in [6.07, 6.45) is 1.58. The van der Waals surface area contributed by atoms with Gasteiger partial charge in [0.25, 0.3) is 5.91 Å². The molecule has 2 aromatic heterocycles. The van der Waals surface area contributed by atoms with E-state index < -0.39 is 0 Å². The molecule has 0 aliphatic rings. The van der Waals surface area contributed by atoms with E-state index in [4.69, 9.17) is 8.94 Å². The Morgan fingerprint density at radius 2 is 2.38 bits per heavy atom. The van der Waals surface area contributed by atoms with Crippen LogP contribution in [0.3, 0.4) is 0 Å². The fraction of sp³-hybridized carbons (Fsp3) is 0.273. The molecule has 1 amide bonds. The largest absolute Gasteiger partial charge is 0.467 e. The molecular weight excluding hydrogens is 208 g/mol. The van der Waals surface area contributed by atoms with Gasteiger partial charge in [-0.05, 0) is 19.1 Å². The average molecular weight is 220 g/mol. The Hall–Kier alpha value is -2.04. The summed E-state index contributed by atoms with van der Waals surface area (Å²) < 4.78 is 10.0. The summed E-state index contributed by atoms with van der Waals surface area (Å²) in [5, 5.41) is 3.67. The minimum atomic E-state index is -0.187. The van der Waals surface area contributed by atoms with Gasteiger partial charge in [0.05, 0.1) is 12.8 Å². The predicted molar refractivity (Wildman–Crippen MR) is 55.7 cm³/mol. The lowest BCUT2D eigenvalue weighted by molar-refractivity contribution is 0.0765. The number of rotatable bonds is 3. The van der Waals surface area contributed by atoms with Gasteiger partial charge in [0.1, 0.15) is 11.5 Å². The lowest BCUT2D eigenvalue weighted by Gasteiger charge is -2.13.